The molecule has 0 bridgehead atoms. The van der Waals surface area contributed by atoms with Gasteiger partial charge in [-0.05, 0) is 37.6 Å². The summed E-state index contributed by atoms with van der Waals surface area (Å²) < 4.78 is 8.28. The van der Waals surface area contributed by atoms with Gasteiger partial charge in [0.05, 0.1) is 17.6 Å². The smallest absolute Gasteiger partial charge is 0.122 e. The zero-order valence-corrected chi connectivity index (χ0v) is 14.3. The van der Waals surface area contributed by atoms with E-state index in [1.165, 1.54) is 16.6 Å². The van der Waals surface area contributed by atoms with Crippen LogP contribution in [0, 0.1) is 13.8 Å². The van der Waals surface area contributed by atoms with Gasteiger partial charge in [0.2, 0.25) is 0 Å². The molecule has 3 heteroatoms. The van der Waals surface area contributed by atoms with Gasteiger partial charge in [0.1, 0.15) is 18.2 Å². The van der Waals surface area contributed by atoms with Crippen LogP contribution in [0.2, 0.25) is 0 Å². The van der Waals surface area contributed by atoms with Crippen molar-refractivity contribution in [3.8, 4) is 5.75 Å². The summed E-state index contributed by atoms with van der Waals surface area (Å²) in [5, 5.41) is 0. The van der Waals surface area contributed by atoms with E-state index >= 15 is 0 Å². The van der Waals surface area contributed by atoms with Crippen LogP contribution in [-0.2, 0) is 6.54 Å². The van der Waals surface area contributed by atoms with Gasteiger partial charge < -0.3 is 9.30 Å². The summed E-state index contributed by atoms with van der Waals surface area (Å²) in [6, 6.07) is 14.6. The molecule has 0 spiro atoms. The number of imidazole rings is 1. The summed E-state index contributed by atoms with van der Waals surface area (Å²) in [5.41, 5.74) is 4.69. The topological polar surface area (TPSA) is 27.1 Å². The quantitative estimate of drug-likeness (QED) is 0.673. The summed E-state index contributed by atoms with van der Waals surface area (Å²) in [4.78, 5) is 4.77. The molecule has 0 aliphatic rings. The van der Waals surface area contributed by atoms with E-state index in [-0.39, 0.29) is 0 Å². The van der Waals surface area contributed by atoms with Gasteiger partial charge in [-0.3, -0.25) is 0 Å². The van der Waals surface area contributed by atoms with Crippen molar-refractivity contribution in [1.82, 2.24) is 9.55 Å². The van der Waals surface area contributed by atoms with Crippen LogP contribution in [0.25, 0.3) is 11.0 Å². The normalized spacial score (nSPS) is 11.3. The molecule has 3 nitrogen and oxygen atoms in total. The van der Waals surface area contributed by atoms with E-state index in [9.17, 15) is 0 Å². The Morgan fingerprint density at radius 1 is 1.09 bits per heavy atom. The Hall–Kier alpha value is -2.29. The summed E-state index contributed by atoms with van der Waals surface area (Å²) in [7, 11) is 0. The maximum atomic E-state index is 6.00. The molecule has 2 aromatic carbocycles. The molecule has 1 heterocycles. The van der Waals surface area contributed by atoms with Crippen LogP contribution in [-0.4, -0.2) is 16.2 Å². The lowest BCUT2D eigenvalue weighted by Gasteiger charge is -2.14. The molecule has 0 aliphatic carbocycles. The molecule has 0 fully saturated rings. The Bertz CT molecular complexity index is 818. The minimum atomic E-state index is 0.392. The Morgan fingerprint density at radius 2 is 1.87 bits per heavy atom. The highest BCUT2D eigenvalue weighted by Gasteiger charge is 2.13. The van der Waals surface area contributed by atoms with E-state index in [0.29, 0.717) is 12.5 Å². The lowest BCUT2D eigenvalue weighted by molar-refractivity contribution is 0.295. The third-order valence-corrected chi connectivity index (χ3v) is 4.10. The second-order valence-electron chi connectivity index (χ2n) is 6.38. The predicted molar refractivity (Wildman–Crippen MR) is 95.2 cm³/mol. The zero-order valence-electron chi connectivity index (χ0n) is 14.3. The fourth-order valence-corrected chi connectivity index (χ4v) is 2.98. The Labute approximate surface area is 137 Å². The van der Waals surface area contributed by atoms with Crippen molar-refractivity contribution in [3.05, 3.63) is 59.4 Å². The lowest BCUT2D eigenvalue weighted by Crippen LogP contribution is -2.12. The van der Waals surface area contributed by atoms with Gasteiger partial charge in [-0.1, -0.05) is 43.7 Å². The fraction of sp³-hybridized carbons (Fsp3) is 0.350. The van der Waals surface area contributed by atoms with Crippen molar-refractivity contribution in [1.29, 1.82) is 0 Å². The fourth-order valence-electron chi connectivity index (χ4n) is 2.98. The number of rotatable bonds is 5. The van der Waals surface area contributed by atoms with Crippen LogP contribution in [0.4, 0.5) is 0 Å². The summed E-state index contributed by atoms with van der Waals surface area (Å²) in [6.07, 6.45) is 0. The maximum Gasteiger partial charge on any atom is 0.122 e. The van der Waals surface area contributed by atoms with Crippen LogP contribution >= 0.6 is 0 Å². The first-order chi connectivity index (χ1) is 11.1. The summed E-state index contributed by atoms with van der Waals surface area (Å²) >= 11 is 0. The summed E-state index contributed by atoms with van der Waals surface area (Å²) in [6.45, 7) is 10.0. The number of ether oxygens (including phenoxy) is 1. The Balaban J connectivity index is 1.80. The molecule has 0 aliphatic heterocycles. The third-order valence-electron chi connectivity index (χ3n) is 4.10. The second kappa shape index (κ2) is 6.45. The van der Waals surface area contributed by atoms with E-state index in [1.54, 1.807) is 0 Å². The van der Waals surface area contributed by atoms with Crippen molar-refractivity contribution in [2.75, 3.05) is 6.61 Å². The average Bonchev–Trinajstić information content (AvgIpc) is 2.89. The highest BCUT2D eigenvalue weighted by atomic mass is 16.5. The SMILES string of the molecule is Cc1ccc(OCCn2c(C(C)C)nc3ccccc32)c(C)c1. The largest absolute Gasteiger partial charge is 0.491 e. The Morgan fingerprint density at radius 3 is 2.61 bits per heavy atom. The molecule has 0 amide bonds. The number of fused-ring (bicyclic) bond motifs is 1. The minimum Gasteiger partial charge on any atom is -0.491 e. The standard InChI is InChI=1S/C20H24N2O/c1-14(2)20-21-17-7-5-6-8-18(17)22(20)11-12-23-19-10-9-15(3)13-16(19)4/h5-10,13-14H,11-12H2,1-4H3. The van der Waals surface area contributed by atoms with Crippen LogP contribution in [0.5, 0.6) is 5.75 Å². The second-order valence-corrected chi connectivity index (χ2v) is 6.38. The van der Waals surface area contributed by atoms with Gasteiger partial charge in [-0.25, -0.2) is 4.98 Å². The number of aryl methyl sites for hydroxylation is 2. The van der Waals surface area contributed by atoms with Crippen molar-refractivity contribution in [3.63, 3.8) is 0 Å². The van der Waals surface area contributed by atoms with Crippen LogP contribution < -0.4 is 4.74 Å². The molecule has 0 N–H and O–H groups in total. The molecular formula is C20H24N2O. The monoisotopic (exact) mass is 308 g/mol. The van der Waals surface area contributed by atoms with E-state index in [0.717, 1.165) is 23.6 Å². The first-order valence-electron chi connectivity index (χ1n) is 8.21. The van der Waals surface area contributed by atoms with Crippen molar-refractivity contribution >= 4 is 11.0 Å². The van der Waals surface area contributed by atoms with Gasteiger partial charge in [0.25, 0.3) is 0 Å². The molecule has 23 heavy (non-hydrogen) atoms. The van der Waals surface area contributed by atoms with Gasteiger partial charge in [-0.15, -0.1) is 0 Å². The number of hydrogen-bond donors (Lipinski definition) is 0. The molecular weight excluding hydrogens is 284 g/mol. The molecule has 120 valence electrons. The number of benzene rings is 2. The van der Waals surface area contributed by atoms with E-state index < -0.39 is 0 Å². The van der Waals surface area contributed by atoms with Crippen molar-refractivity contribution < 1.29 is 4.74 Å². The average molecular weight is 308 g/mol. The molecule has 0 radical (unpaired) electrons. The molecule has 0 saturated carbocycles. The van der Waals surface area contributed by atoms with Gasteiger partial charge in [0, 0.05) is 5.92 Å². The van der Waals surface area contributed by atoms with E-state index in [4.69, 9.17) is 9.72 Å². The van der Waals surface area contributed by atoms with E-state index in [2.05, 4.69) is 68.7 Å². The van der Waals surface area contributed by atoms with Gasteiger partial charge in [0.15, 0.2) is 0 Å². The van der Waals surface area contributed by atoms with Crippen LogP contribution in [0.1, 0.15) is 36.7 Å². The Kier molecular flexibility index (Phi) is 4.37. The number of hydrogen-bond acceptors (Lipinski definition) is 2. The highest BCUT2D eigenvalue weighted by molar-refractivity contribution is 5.76. The third kappa shape index (κ3) is 3.24. The molecule has 0 unspecified atom stereocenters. The van der Waals surface area contributed by atoms with Gasteiger partial charge in [-0.2, -0.15) is 0 Å². The number of para-hydroxylation sites is 2. The predicted octanol–water partition coefficient (Wildman–Crippen LogP) is 4.86. The highest BCUT2D eigenvalue weighted by Crippen LogP contribution is 2.22. The number of nitrogens with zero attached hydrogens (tertiary/aromatic N) is 2. The molecule has 0 atom stereocenters. The molecule has 3 rings (SSSR count). The molecule has 1 aromatic heterocycles. The number of aromatic nitrogens is 2. The first kappa shape index (κ1) is 15.6. The van der Waals surface area contributed by atoms with Crippen molar-refractivity contribution in [2.45, 2.75) is 40.2 Å². The summed E-state index contributed by atoms with van der Waals surface area (Å²) in [5.74, 6) is 2.48. The van der Waals surface area contributed by atoms with Crippen LogP contribution in [0.15, 0.2) is 42.5 Å². The minimum absolute atomic E-state index is 0.392. The van der Waals surface area contributed by atoms with Crippen LogP contribution in [0.3, 0.4) is 0 Å². The molecule has 3 aromatic rings. The zero-order chi connectivity index (χ0) is 16.4. The first-order valence-corrected chi connectivity index (χ1v) is 8.21. The maximum absolute atomic E-state index is 6.00. The van der Waals surface area contributed by atoms with E-state index in [1.807, 2.05) is 6.07 Å². The lowest BCUT2D eigenvalue weighted by atomic mass is 10.1. The molecule has 0 saturated heterocycles. The van der Waals surface area contributed by atoms with Gasteiger partial charge >= 0.3 is 0 Å². The van der Waals surface area contributed by atoms with Crippen molar-refractivity contribution in [2.24, 2.45) is 0 Å².